The summed E-state index contributed by atoms with van der Waals surface area (Å²) in [6.45, 7) is 11.7. The van der Waals surface area contributed by atoms with Crippen molar-refractivity contribution >= 4 is 18.1 Å². The van der Waals surface area contributed by atoms with E-state index in [0.717, 1.165) is 16.9 Å². The van der Waals surface area contributed by atoms with E-state index in [4.69, 9.17) is 16.0 Å². The van der Waals surface area contributed by atoms with Gasteiger partial charge in [0.25, 0.3) is 0 Å². The molecule has 0 bridgehead atoms. The maximum absolute atomic E-state index is 7.01. The van der Waals surface area contributed by atoms with Crippen LogP contribution in [0.25, 0.3) is 4.85 Å². The Kier molecular flexibility index (Phi) is 3.17. The van der Waals surface area contributed by atoms with Gasteiger partial charge in [0.05, 0.1) is 13.2 Å². The van der Waals surface area contributed by atoms with Gasteiger partial charge in [0.2, 0.25) is 11.6 Å². The molecule has 1 aliphatic heterocycles. The Morgan fingerprint density at radius 3 is 3.00 bits per heavy atom. The lowest BCUT2D eigenvalue weighted by Gasteiger charge is -2.08. The van der Waals surface area contributed by atoms with Gasteiger partial charge in [0.1, 0.15) is 5.75 Å². The van der Waals surface area contributed by atoms with Crippen molar-refractivity contribution in [3.05, 3.63) is 53.0 Å². The Balaban J connectivity index is 1.85. The Bertz CT molecular complexity index is 710. The third-order valence-corrected chi connectivity index (χ3v) is 3.44. The van der Waals surface area contributed by atoms with Crippen LogP contribution in [0.15, 0.2) is 30.5 Å². The average Bonchev–Trinajstić information content (AvgIpc) is 2.80. The summed E-state index contributed by atoms with van der Waals surface area (Å²) in [4.78, 5) is 7.54. The van der Waals surface area contributed by atoms with Crippen LogP contribution in [0, 0.1) is 13.5 Å². The summed E-state index contributed by atoms with van der Waals surface area (Å²) in [7, 11) is 0. The number of aromatic nitrogens is 1. The number of ether oxygens (including phenoxy) is 1. The standard InChI is InChI=1S/C15H13BN2O2/c1-10-6-15(18-8-14(10)17-3)20-12-4-5-13-11(7-12)9-19-16(13)2/h4-8H,9H2,1-2H3. The van der Waals surface area contributed by atoms with Crippen LogP contribution in [-0.2, 0) is 11.3 Å². The van der Waals surface area contributed by atoms with E-state index < -0.39 is 0 Å². The molecule has 0 unspecified atom stereocenters. The van der Waals surface area contributed by atoms with Gasteiger partial charge in [-0.3, -0.25) is 0 Å². The summed E-state index contributed by atoms with van der Waals surface area (Å²) in [6, 6.07) is 7.71. The van der Waals surface area contributed by atoms with Gasteiger partial charge in [-0.05, 0) is 41.7 Å². The zero-order chi connectivity index (χ0) is 14.1. The van der Waals surface area contributed by atoms with Crippen LogP contribution in [0.4, 0.5) is 5.69 Å². The average molecular weight is 264 g/mol. The fraction of sp³-hybridized carbons (Fsp3) is 0.200. The Labute approximate surface area is 118 Å². The molecule has 3 rings (SSSR count). The lowest BCUT2D eigenvalue weighted by molar-refractivity contribution is 0.333. The number of fused-ring (bicyclic) bond motifs is 1. The van der Waals surface area contributed by atoms with E-state index in [1.54, 1.807) is 6.07 Å². The number of nitrogens with zero attached hydrogens (tertiary/aromatic N) is 2. The fourth-order valence-electron chi connectivity index (χ4n) is 2.29. The van der Waals surface area contributed by atoms with Gasteiger partial charge >= 0.3 is 6.92 Å². The van der Waals surface area contributed by atoms with Crippen LogP contribution >= 0.6 is 0 Å². The first-order chi connectivity index (χ1) is 9.67. The number of hydrogen-bond acceptors (Lipinski definition) is 3. The highest BCUT2D eigenvalue weighted by Crippen LogP contribution is 2.26. The molecule has 1 aromatic heterocycles. The minimum atomic E-state index is 0.150. The number of rotatable bonds is 2. The highest BCUT2D eigenvalue weighted by atomic mass is 16.5. The molecule has 98 valence electrons. The second-order valence-corrected chi connectivity index (χ2v) is 4.84. The minimum Gasteiger partial charge on any atom is -0.439 e. The summed E-state index contributed by atoms with van der Waals surface area (Å²) < 4.78 is 11.3. The predicted octanol–water partition coefficient (Wildman–Crippen LogP) is 3.09. The molecule has 1 aliphatic rings. The van der Waals surface area contributed by atoms with Crippen molar-refractivity contribution < 1.29 is 9.39 Å². The molecular formula is C15H13BN2O2. The highest BCUT2D eigenvalue weighted by Gasteiger charge is 2.23. The Hall–Kier alpha value is -2.32. The summed E-state index contributed by atoms with van der Waals surface area (Å²) in [5, 5.41) is 0. The van der Waals surface area contributed by atoms with E-state index in [1.165, 1.54) is 11.7 Å². The largest absolute Gasteiger partial charge is 0.439 e. The van der Waals surface area contributed by atoms with Crippen LogP contribution in [0.3, 0.4) is 0 Å². The van der Waals surface area contributed by atoms with E-state index >= 15 is 0 Å². The lowest BCUT2D eigenvalue weighted by Crippen LogP contribution is -2.23. The van der Waals surface area contributed by atoms with Crippen molar-refractivity contribution in [2.24, 2.45) is 0 Å². The SMILES string of the molecule is [C-]#[N+]c1cnc(Oc2ccc3c(c2)COB3C)cc1C. The van der Waals surface area contributed by atoms with Crippen molar-refractivity contribution in [3.63, 3.8) is 0 Å². The van der Waals surface area contributed by atoms with E-state index in [-0.39, 0.29) is 6.92 Å². The third-order valence-electron chi connectivity index (χ3n) is 3.44. The highest BCUT2D eigenvalue weighted by molar-refractivity contribution is 6.67. The molecule has 5 heteroatoms. The summed E-state index contributed by atoms with van der Waals surface area (Å²) in [6.07, 6.45) is 1.54. The van der Waals surface area contributed by atoms with Crippen molar-refractivity contribution in [1.29, 1.82) is 0 Å². The van der Waals surface area contributed by atoms with Crippen LogP contribution in [-0.4, -0.2) is 11.9 Å². The molecule has 0 saturated carbocycles. The van der Waals surface area contributed by atoms with Crippen molar-refractivity contribution in [3.8, 4) is 11.6 Å². The molecule has 4 nitrogen and oxygen atoms in total. The van der Waals surface area contributed by atoms with Crippen LogP contribution in [0.2, 0.25) is 6.82 Å². The zero-order valence-corrected chi connectivity index (χ0v) is 11.4. The van der Waals surface area contributed by atoms with Gasteiger partial charge in [-0.15, -0.1) is 0 Å². The Morgan fingerprint density at radius 2 is 2.25 bits per heavy atom. The monoisotopic (exact) mass is 264 g/mol. The molecule has 1 aromatic carbocycles. The molecule has 0 aliphatic carbocycles. The molecule has 0 fully saturated rings. The van der Waals surface area contributed by atoms with Gasteiger partial charge in [0.15, 0.2) is 0 Å². The normalized spacial score (nSPS) is 12.9. The summed E-state index contributed by atoms with van der Waals surface area (Å²) in [5.41, 5.74) is 3.78. The smallest absolute Gasteiger partial charge is 0.324 e. The molecule has 0 amide bonds. The summed E-state index contributed by atoms with van der Waals surface area (Å²) in [5.74, 6) is 1.24. The number of pyridine rings is 1. The molecule has 2 aromatic rings. The molecule has 0 N–H and O–H groups in total. The lowest BCUT2D eigenvalue weighted by atomic mass is 9.64. The van der Waals surface area contributed by atoms with E-state index in [2.05, 4.69) is 9.83 Å². The molecule has 0 radical (unpaired) electrons. The van der Waals surface area contributed by atoms with E-state index in [0.29, 0.717) is 18.2 Å². The van der Waals surface area contributed by atoms with E-state index in [9.17, 15) is 0 Å². The van der Waals surface area contributed by atoms with Gasteiger partial charge in [-0.2, -0.15) is 0 Å². The van der Waals surface area contributed by atoms with E-state index in [1.807, 2.05) is 31.9 Å². The second kappa shape index (κ2) is 4.99. The first-order valence-corrected chi connectivity index (χ1v) is 6.44. The van der Waals surface area contributed by atoms with Gasteiger partial charge < -0.3 is 9.39 Å². The van der Waals surface area contributed by atoms with Gasteiger partial charge in [-0.25, -0.2) is 9.83 Å². The quantitative estimate of drug-likeness (QED) is 0.617. The Morgan fingerprint density at radius 1 is 1.40 bits per heavy atom. The van der Waals surface area contributed by atoms with Crippen LogP contribution in [0.5, 0.6) is 11.6 Å². The first-order valence-electron chi connectivity index (χ1n) is 6.44. The van der Waals surface area contributed by atoms with Crippen molar-refractivity contribution in [1.82, 2.24) is 4.98 Å². The molecule has 2 heterocycles. The molecular weight excluding hydrogens is 251 g/mol. The number of benzene rings is 1. The first kappa shape index (κ1) is 12.7. The topological polar surface area (TPSA) is 35.7 Å². The molecule has 20 heavy (non-hydrogen) atoms. The van der Waals surface area contributed by atoms with Crippen LogP contribution < -0.4 is 10.2 Å². The maximum Gasteiger partial charge on any atom is 0.324 e. The molecule has 0 saturated heterocycles. The minimum absolute atomic E-state index is 0.150. The second-order valence-electron chi connectivity index (χ2n) is 4.84. The third kappa shape index (κ3) is 2.26. The van der Waals surface area contributed by atoms with Crippen molar-refractivity contribution in [2.75, 3.05) is 0 Å². The summed E-state index contributed by atoms with van der Waals surface area (Å²) >= 11 is 0. The molecule has 0 spiro atoms. The predicted molar refractivity (Wildman–Crippen MR) is 77.8 cm³/mol. The van der Waals surface area contributed by atoms with Crippen molar-refractivity contribution in [2.45, 2.75) is 20.4 Å². The number of hydrogen-bond donors (Lipinski definition) is 0. The van der Waals surface area contributed by atoms with Crippen LogP contribution in [0.1, 0.15) is 11.1 Å². The maximum atomic E-state index is 7.01. The van der Waals surface area contributed by atoms with Gasteiger partial charge in [-0.1, -0.05) is 12.9 Å². The molecule has 0 atom stereocenters. The zero-order valence-electron chi connectivity index (χ0n) is 11.4. The number of aryl methyl sites for hydroxylation is 1. The fourth-order valence-corrected chi connectivity index (χ4v) is 2.29. The van der Waals surface area contributed by atoms with Gasteiger partial charge in [0, 0.05) is 6.20 Å².